The standard InChI is InChI=1S/C21H28N4O6/c1-3-31-21(28)22-16-6-4-10-23(13-16)20(27)18-7-5-11-24(18)19(26)15-8-9-17(25(29)30)14(2)12-15/h8-9,12,16,18H,3-7,10-11,13H2,1-2H3,(H,22,28). The van der Waals surface area contributed by atoms with Crippen molar-refractivity contribution in [3.05, 3.63) is 39.4 Å². The van der Waals surface area contributed by atoms with Gasteiger partial charge in [-0.3, -0.25) is 19.7 Å². The number of alkyl carbamates (subject to hydrolysis) is 1. The first kappa shape index (κ1) is 22.5. The number of aryl methyl sites for hydroxylation is 1. The van der Waals surface area contributed by atoms with Gasteiger partial charge in [-0.1, -0.05) is 0 Å². The Kier molecular flexibility index (Phi) is 7.09. The van der Waals surface area contributed by atoms with Crippen molar-refractivity contribution in [2.24, 2.45) is 0 Å². The maximum atomic E-state index is 13.2. The minimum absolute atomic E-state index is 0.0425. The van der Waals surface area contributed by atoms with Gasteiger partial charge in [-0.25, -0.2) is 4.79 Å². The number of nitrogens with zero attached hydrogens (tertiary/aromatic N) is 3. The Hall–Kier alpha value is -3.17. The highest BCUT2D eigenvalue weighted by Crippen LogP contribution is 2.26. The van der Waals surface area contributed by atoms with Crippen molar-refractivity contribution in [1.82, 2.24) is 15.1 Å². The minimum Gasteiger partial charge on any atom is -0.450 e. The van der Waals surface area contributed by atoms with Crippen molar-refractivity contribution in [3.63, 3.8) is 0 Å². The van der Waals surface area contributed by atoms with Gasteiger partial charge in [-0.15, -0.1) is 0 Å². The van der Waals surface area contributed by atoms with Crippen LogP contribution in [0.25, 0.3) is 0 Å². The predicted octanol–water partition coefficient (Wildman–Crippen LogP) is 2.24. The number of amides is 3. The molecule has 31 heavy (non-hydrogen) atoms. The highest BCUT2D eigenvalue weighted by Gasteiger charge is 2.38. The molecule has 2 aliphatic rings. The highest BCUT2D eigenvalue weighted by atomic mass is 16.6. The summed E-state index contributed by atoms with van der Waals surface area (Å²) < 4.78 is 4.92. The average Bonchev–Trinajstić information content (AvgIpc) is 3.22. The quantitative estimate of drug-likeness (QED) is 0.562. The molecular formula is C21H28N4O6. The third-order valence-electron chi connectivity index (χ3n) is 5.77. The van der Waals surface area contributed by atoms with Crippen molar-refractivity contribution < 1.29 is 24.0 Å². The van der Waals surface area contributed by atoms with Gasteiger partial charge in [-0.05, 0) is 51.7 Å². The van der Waals surface area contributed by atoms with E-state index in [-0.39, 0.29) is 30.2 Å². The summed E-state index contributed by atoms with van der Waals surface area (Å²) in [6.45, 7) is 5.02. The number of nitro groups is 1. The highest BCUT2D eigenvalue weighted by molar-refractivity contribution is 5.98. The van der Waals surface area contributed by atoms with Gasteiger partial charge >= 0.3 is 6.09 Å². The molecule has 1 N–H and O–H groups in total. The maximum Gasteiger partial charge on any atom is 0.407 e. The molecule has 2 unspecified atom stereocenters. The molecule has 2 fully saturated rings. The van der Waals surface area contributed by atoms with Crippen molar-refractivity contribution in [2.45, 2.75) is 51.6 Å². The number of carbonyl (C=O) groups excluding carboxylic acids is 3. The number of benzene rings is 1. The molecule has 2 heterocycles. The molecule has 3 rings (SSSR count). The predicted molar refractivity (Wildman–Crippen MR) is 112 cm³/mol. The molecule has 0 aromatic heterocycles. The number of carbonyl (C=O) groups is 3. The van der Waals surface area contributed by atoms with Crippen molar-refractivity contribution in [2.75, 3.05) is 26.2 Å². The molecule has 2 atom stereocenters. The van der Waals surface area contributed by atoms with Crippen LogP contribution in [0.15, 0.2) is 18.2 Å². The first-order valence-electron chi connectivity index (χ1n) is 10.6. The smallest absolute Gasteiger partial charge is 0.407 e. The lowest BCUT2D eigenvalue weighted by molar-refractivity contribution is -0.385. The number of rotatable bonds is 5. The zero-order valence-corrected chi connectivity index (χ0v) is 17.8. The third-order valence-corrected chi connectivity index (χ3v) is 5.77. The summed E-state index contributed by atoms with van der Waals surface area (Å²) in [5.74, 6) is -0.424. The van der Waals surface area contributed by atoms with Crippen LogP contribution in [-0.2, 0) is 9.53 Å². The SMILES string of the molecule is CCOC(=O)NC1CCCN(C(=O)C2CCCN2C(=O)c2ccc([N+](=O)[O-])c(C)c2)C1. The molecule has 1 aromatic carbocycles. The van der Waals surface area contributed by atoms with Crippen LogP contribution in [0.3, 0.4) is 0 Å². The molecule has 0 aliphatic carbocycles. The van der Waals surface area contributed by atoms with Gasteiger partial charge in [0.05, 0.1) is 11.5 Å². The number of likely N-dealkylation sites (tertiary alicyclic amines) is 2. The van der Waals surface area contributed by atoms with E-state index in [1.807, 2.05) is 0 Å². The molecule has 1 aromatic rings. The Morgan fingerprint density at radius 1 is 1.23 bits per heavy atom. The van der Waals surface area contributed by atoms with Gasteiger partial charge in [0.25, 0.3) is 11.6 Å². The van der Waals surface area contributed by atoms with E-state index in [4.69, 9.17) is 4.74 Å². The Balaban J connectivity index is 1.68. The van der Waals surface area contributed by atoms with Crippen LogP contribution in [0, 0.1) is 17.0 Å². The van der Waals surface area contributed by atoms with Gasteiger partial charge in [0.15, 0.2) is 0 Å². The number of ether oxygens (including phenoxy) is 1. The third kappa shape index (κ3) is 5.12. The molecule has 2 aliphatic heterocycles. The topological polar surface area (TPSA) is 122 Å². The fraction of sp³-hybridized carbons (Fsp3) is 0.571. The Bertz CT molecular complexity index is 873. The van der Waals surface area contributed by atoms with Crippen LogP contribution < -0.4 is 5.32 Å². The van der Waals surface area contributed by atoms with Crippen LogP contribution >= 0.6 is 0 Å². The van der Waals surface area contributed by atoms with Crippen LogP contribution in [0.1, 0.15) is 48.5 Å². The molecule has 0 radical (unpaired) electrons. The normalized spacial score (nSPS) is 21.0. The zero-order valence-electron chi connectivity index (χ0n) is 17.8. The molecular weight excluding hydrogens is 404 g/mol. The summed E-state index contributed by atoms with van der Waals surface area (Å²) in [5.41, 5.74) is 0.698. The van der Waals surface area contributed by atoms with Crippen LogP contribution in [0.4, 0.5) is 10.5 Å². The lowest BCUT2D eigenvalue weighted by atomic mass is 10.0. The van der Waals surface area contributed by atoms with E-state index in [0.29, 0.717) is 43.6 Å². The average molecular weight is 432 g/mol. The van der Waals surface area contributed by atoms with E-state index >= 15 is 0 Å². The second kappa shape index (κ2) is 9.76. The van der Waals surface area contributed by atoms with E-state index in [0.717, 1.165) is 12.8 Å². The number of hydrogen-bond acceptors (Lipinski definition) is 6. The minimum atomic E-state index is -0.565. The van der Waals surface area contributed by atoms with E-state index in [2.05, 4.69) is 5.32 Å². The molecule has 10 nitrogen and oxygen atoms in total. The van der Waals surface area contributed by atoms with Crippen molar-refractivity contribution in [3.8, 4) is 0 Å². The van der Waals surface area contributed by atoms with E-state index < -0.39 is 17.1 Å². The number of nitro benzene ring substituents is 1. The first-order valence-corrected chi connectivity index (χ1v) is 10.6. The Morgan fingerprint density at radius 2 is 1.97 bits per heavy atom. The summed E-state index contributed by atoms with van der Waals surface area (Å²) in [5, 5.41) is 13.8. The van der Waals surface area contributed by atoms with Crippen LogP contribution in [0.5, 0.6) is 0 Å². The second-order valence-electron chi connectivity index (χ2n) is 7.90. The molecule has 0 bridgehead atoms. The first-order chi connectivity index (χ1) is 14.8. The van der Waals surface area contributed by atoms with Crippen molar-refractivity contribution >= 4 is 23.6 Å². The fourth-order valence-electron chi connectivity index (χ4n) is 4.27. The summed E-state index contributed by atoms with van der Waals surface area (Å²) in [7, 11) is 0. The summed E-state index contributed by atoms with van der Waals surface area (Å²) >= 11 is 0. The van der Waals surface area contributed by atoms with Crippen LogP contribution in [0.2, 0.25) is 0 Å². The number of nitrogens with one attached hydrogen (secondary N) is 1. The molecule has 10 heteroatoms. The lowest BCUT2D eigenvalue weighted by Gasteiger charge is -2.36. The lowest BCUT2D eigenvalue weighted by Crippen LogP contribution is -2.54. The summed E-state index contributed by atoms with van der Waals surface area (Å²) in [6, 6.07) is 3.52. The molecule has 0 spiro atoms. The van der Waals surface area contributed by atoms with Gasteiger partial charge in [-0.2, -0.15) is 0 Å². The summed E-state index contributed by atoms with van der Waals surface area (Å²) in [6.07, 6.45) is 2.31. The van der Waals surface area contributed by atoms with Crippen molar-refractivity contribution in [1.29, 1.82) is 0 Å². The fourth-order valence-corrected chi connectivity index (χ4v) is 4.27. The molecule has 168 valence electrons. The van der Waals surface area contributed by atoms with E-state index in [9.17, 15) is 24.5 Å². The Labute approximate surface area is 180 Å². The molecule has 3 amide bonds. The monoisotopic (exact) mass is 432 g/mol. The largest absolute Gasteiger partial charge is 0.450 e. The number of piperidine rings is 1. The van der Waals surface area contributed by atoms with Gasteiger partial charge in [0, 0.05) is 42.9 Å². The number of hydrogen-bond donors (Lipinski definition) is 1. The van der Waals surface area contributed by atoms with E-state index in [1.54, 1.807) is 23.6 Å². The van der Waals surface area contributed by atoms with Crippen LogP contribution in [-0.4, -0.2) is 71.0 Å². The van der Waals surface area contributed by atoms with Gasteiger partial charge < -0.3 is 19.9 Å². The second-order valence-corrected chi connectivity index (χ2v) is 7.90. The van der Waals surface area contributed by atoms with E-state index in [1.165, 1.54) is 18.2 Å². The zero-order chi connectivity index (χ0) is 22.5. The molecule has 0 saturated carbocycles. The summed E-state index contributed by atoms with van der Waals surface area (Å²) in [4.78, 5) is 51.8. The Morgan fingerprint density at radius 3 is 2.65 bits per heavy atom. The molecule has 2 saturated heterocycles. The maximum absolute atomic E-state index is 13.2. The van der Waals surface area contributed by atoms with Gasteiger partial charge in [0.1, 0.15) is 6.04 Å². The van der Waals surface area contributed by atoms with Gasteiger partial charge in [0.2, 0.25) is 5.91 Å².